The van der Waals surface area contributed by atoms with Gasteiger partial charge in [-0.3, -0.25) is 24.0 Å². The van der Waals surface area contributed by atoms with Crippen molar-refractivity contribution >= 4 is 48.2 Å². The van der Waals surface area contributed by atoms with E-state index in [2.05, 4.69) is 23.3 Å². The molecule has 4 unspecified atom stereocenters. The first-order valence-corrected chi connectivity index (χ1v) is 10.1. The summed E-state index contributed by atoms with van der Waals surface area (Å²) in [7, 11) is 0. The molecule has 8 N–H and O–H groups in total. The van der Waals surface area contributed by atoms with E-state index in [1.54, 1.807) is 0 Å². The van der Waals surface area contributed by atoms with E-state index in [0.717, 1.165) is 4.90 Å². The van der Waals surface area contributed by atoms with Gasteiger partial charge in [-0.25, -0.2) is 4.79 Å². The van der Waals surface area contributed by atoms with Crippen LogP contribution in [0.1, 0.15) is 32.1 Å². The molecule has 1 aliphatic heterocycles. The van der Waals surface area contributed by atoms with Crippen molar-refractivity contribution in [2.24, 2.45) is 11.5 Å². The van der Waals surface area contributed by atoms with Crippen LogP contribution in [0, 0.1) is 0 Å². The number of nitrogens with one attached hydrogen (secondary N) is 2. The van der Waals surface area contributed by atoms with Crippen molar-refractivity contribution in [3.63, 3.8) is 0 Å². The molecule has 0 aromatic carbocycles. The zero-order chi connectivity index (χ0) is 23.7. The van der Waals surface area contributed by atoms with Crippen LogP contribution in [0.25, 0.3) is 0 Å². The topological polar surface area (TPSA) is 222 Å². The van der Waals surface area contributed by atoms with E-state index in [0.29, 0.717) is 6.42 Å². The minimum absolute atomic E-state index is 0.0313. The first kappa shape index (κ1) is 26.2. The molecule has 1 saturated heterocycles. The summed E-state index contributed by atoms with van der Waals surface area (Å²) < 4.78 is 0. The van der Waals surface area contributed by atoms with Gasteiger partial charge in [-0.2, -0.15) is 12.6 Å². The minimum Gasteiger partial charge on any atom is -0.481 e. The predicted molar refractivity (Wildman–Crippen MR) is 109 cm³/mol. The zero-order valence-electron chi connectivity index (χ0n) is 16.7. The molecule has 0 saturated carbocycles. The van der Waals surface area contributed by atoms with Crippen LogP contribution in [-0.4, -0.2) is 87.1 Å². The van der Waals surface area contributed by atoms with E-state index >= 15 is 0 Å². The monoisotopic (exact) mass is 461 g/mol. The Labute approximate surface area is 183 Å². The molecule has 0 bridgehead atoms. The molecule has 1 aliphatic rings. The Kier molecular flexibility index (Phi) is 10.2. The Bertz CT molecular complexity index is 733. The molecule has 1 rings (SSSR count). The fourth-order valence-corrected chi connectivity index (χ4v) is 3.22. The van der Waals surface area contributed by atoms with Gasteiger partial charge in [0, 0.05) is 18.7 Å². The van der Waals surface area contributed by atoms with Gasteiger partial charge >= 0.3 is 11.9 Å². The van der Waals surface area contributed by atoms with Crippen molar-refractivity contribution in [2.45, 2.75) is 56.3 Å². The Balaban J connectivity index is 2.94. The maximum atomic E-state index is 12.9. The first-order chi connectivity index (χ1) is 14.5. The van der Waals surface area contributed by atoms with Crippen molar-refractivity contribution in [2.75, 3.05) is 12.3 Å². The van der Waals surface area contributed by atoms with E-state index in [4.69, 9.17) is 16.6 Å². The maximum absolute atomic E-state index is 12.9. The molecule has 4 atom stereocenters. The lowest BCUT2D eigenvalue weighted by Gasteiger charge is -2.29. The predicted octanol–water partition coefficient (Wildman–Crippen LogP) is -2.97. The van der Waals surface area contributed by atoms with Gasteiger partial charge in [0.05, 0.1) is 12.5 Å². The van der Waals surface area contributed by atoms with Gasteiger partial charge < -0.3 is 37.2 Å². The molecular formula is C17H27N5O8S. The minimum atomic E-state index is -1.46. The van der Waals surface area contributed by atoms with Gasteiger partial charge in [-0.15, -0.1) is 0 Å². The number of likely N-dealkylation sites (tertiary alicyclic amines) is 1. The third kappa shape index (κ3) is 8.05. The van der Waals surface area contributed by atoms with Gasteiger partial charge in [0.1, 0.15) is 18.1 Å². The fourth-order valence-electron chi connectivity index (χ4n) is 3.05. The van der Waals surface area contributed by atoms with Crippen LogP contribution in [0.5, 0.6) is 0 Å². The number of hydrogen-bond acceptors (Lipinski definition) is 8. The summed E-state index contributed by atoms with van der Waals surface area (Å²) in [4.78, 5) is 72.0. The number of carboxylic acids is 2. The first-order valence-electron chi connectivity index (χ1n) is 9.48. The van der Waals surface area contributed by atoms with Crippen LogP contribution in [0.2, 0.25) is 0 Å². The average Bonchev–Trinajstić information content (AvgIpc) is 3.18. The second-order valence-corrected chi connectivity index (χ2v) is 7.41. The standard InChI is InChI=1S/C17H27N5O8S/c18-8(7-31)14(26)21-10(6-13(24)25)16(28)22-5-1-2-11(22)15(27)20-9(17(29)30)3-4-12(19)23/h8-11,31H,1-7,18H2,(H2,19,23)(H,20,27)(H,21,26)(H,24,25)(H,29,30). The number of thiol groups is 1. The van der Waals surface area contributed by atoms with Crippen LogP contribution in [0.15, 0.2) is 0 Å². The quantitative estimate of drug-likeness (QED) is 0.147. The van der Waals surface area contributed by atoms with E-state index in [1.807, 2.05) is 0 Å². The highest BCUT2D eigenvalue weighted by Gasteiger charge is 2.39. The molecule has 1 heterocycles. The van der Waals surface area contributed by atoms with Crippen LogP contribution < -0.4 is 22.1 Å². The molecule has 14 heteroatoms. The summed E-state index contributed by atoms with van der Waals surface area (Å²) in [5, 5.41) is 22.9. The number of aliphatic carboxylic acids is 2. The molecule has 4 amide bonds. The Hall–Kier alpha value is -2.87. The maximum Gasteiger partial charge on any atom is 0.326 e. The molecule has 13 nitrogen and oxygen atoms in total. The number of carbonyl (C=O) groups excluding carboxylic acids is 4. The number of hydrogen-bond donors (Lipinski definition) is 7. The fraction of sp³-hybridized carbons (Fsp3) is 0.647. The third-order valence-electron chi connectivity index (χ3n) is 4.66. The molecule has 0 aliphatic carbocycles. The van der Waals surface area contributed by atoms with Crippen molar-refractivity contribution < 1.29 is 39.0 Å². The molecule has 0 radical (unpaired) electrons. The highest BCUT2D eigenvalue weighted by molar-refractivity contribution is 7.80. The normalized spacial score (nSPS) is 18.5. The molecule has 1 fully saturated rings. The molecule has 0 aromatic rings. The summed E-state index contributed by atoms with van der Waals surface area (Å²) in [6.07, 6.45) is -0.597. The number of amides is 4. The van der Waals surface area contributed by atoms with Crippen molar-refractivity contribution in [3.8, 4) is 0 Å². The number of nitrogens with two attached hydrogens (primary N) is 2. The van der Waals surface area contributed by atoms with Crippen LogP contribution >= 0.6 is 12.6 Å². The SMILES string of the molecule is NC(=O)CCC(NC(=O)C1CCCN1C(=O)C(CC(=O)O)NC(=O)C(N)CS)C(=O)O. The molecule has 0 spiro atoms. The summed E-state index contributed by atoms with van der Waals surface area (Å²) in [6, 6.07) is -4.98. The molecule has 0 aromatic heterocycles. The highest BCUT2D eigenvalue weighted by atomic mass is 32.1. The summed E-state index contributed by atoms with van der Waals surface area (Å²) in [5.41, 5.74) is 10.6. The second kappa shape index (κ2) is 12.1. The lowest BCUT2D eigenvalue weighted by molar-refractivity contribution is -0.147. The second-order valence-electron chi connectivity index (χ2n) is 7.04. The third-order valence-corrected chi connectivity index (χ3v) is 5.05. The number of carbonyl (C=O) groups is 6. The van der Waals surface area contributed by atoms with Crippen LogP contribution in [0.3, 0.4) is 0 Å². The van der Waals surface area contributed by atoms with E-state index < -0.39 is 66.2 Å². The van der Waals surface area contributed by atoms with Crippen LogP contribution in [-0.2, 0) is 28.8 Å². The van der Waals surface area contributed by atoms with E-state index in [9.17, 15) is 33.9 Å². The number of primary amides is 1. The van der Waals surface area contributed by atoms with Gasteiger partial charge in [0.2, 0.25) is 23.6 Å². The number of nitrogens with zero attached hydrogens (tertiary/aromatic N) is 1. The Morgan fingerprint density at radius 2 is 1.74 bits per heavy atom. The van der Waals surface area contributed by atoms with Gasteiger partial charge in [0.25, 0.3) is 0 Å². The summed E-state index contributed by atoms with van der Waals surface area (Å²) >= 11 is 3.88. The largest absolute Gasteiger partial charge is 0.481 e. The lowest BCUT2D eigenvalue weighted by Crippen LogP contribution is -2.57. The van der Waals surface area contributed by atoms with Crippen LogP contribution in [0.4, 0.5) is 0 Å². The molecular weight excluding hydrogens is 434 g/mol. The number of rotatable bonds is 12. The van der Waals surface area contributed by atoms with Crippen molar-refractivity contribution in [1.82, 2.24) is 15.5 Å². The Morgan fingerprint density at radius 1 is 1.10 bits per heavy atom. The highest BCUT2D eigenvalue weighted by Crippen LogP contribution is 2.20. The van der Waals surface area contributed by atoms with Crippen molar-refractivity contribution in [3.05, 3.63) is 0 Å². The summed E-state index contributed by atoms with van der Waals surface area (Å²) in [5.74, 6) is -5.83. The average molecular weight is 461 g/mol. The van der Waals surface area contributed by atoms with E-state index in [-0.39, 0.29) is 31.6 Å². The lowest BCUT2D eigenvalue weighted by atomic mass is 10.1. The van der Waals surface area contributed by atoms with Gasteiger partial charge in [0.15, 0.2) is 0 Å². The van der Waals surface area contributed by atoms with Gasteiger partial charge in [-0.05, 0) is 19.3 Å². The molecule has 31 heavy (non-hydrogen) atoms. The summed E-state index contributed by atoms with van der Waals surface area (Å²) in [6.45, 7) is 0.112. The number of carboxylic acid groups (broad SMARTS) is 2. The smallest absolute Gasteiger partial charge is 0.326 e. The Morgan fingerprint density at radius 3 is 2.26 bits per heavy atom. The molecule has 174 valence electrons. The van der Waals surface area contributed by atoms with Gasteiger partial charge in [-0.1, -0.05) is 0 Å². The zero-order valence-corrected chi connectivity index (χ0v) is 17.5. The van der Waals surface area contributed by atoms with E-state index in [1.165, 1.54) is 0 Å². The van der Waals surface area contributed by atoms with Crippen molar-refractivity contribution in [1.29, 1.82) is 0 Å².